The molecule has 1 aliphatic rings. The highest BCUT2D eigenvalue weighted by Crippen LogP contribution is 2.32. The van der Waals surface area contributed by atoms with E-state index in [-0.39, 0.29) is 11.3 Å². The fourth-order valence-corrected chi connectivity index (χ4v) is 2.86. The van der Waals surface area contributed by atoms with E-state index < -0.39 is 0 Å². The van der Waals surface area contributed by atoms with Gasteiger partial charge in [-0.25, -0.2) is 0 Å². The molecule has 1 atom stereocenters. The Labute approximate surface area is 120 Å². The lowest BCUT2D eigenvalue weighted by Gasteiger charge is -2.34. The summed E-state index contributed by atoms with van der Waals surface area (Å²) in [5.41, 5.74) is -0.298. The van der Waals surface area contributed by atoms with Crippen LogP contribution in [0, 0.1) is 17.3 Å². The largest absolute Gasteiger partial charge is 0.353 e. The molecule has 0 aromatic heterocycles. The van der Waals surface area contributed by atoms with Gasteiger partial charge in [-0.2, -0.15) is 0 Å². The van der Waals surface area contributed by atoms with E-state index in [9.17, 15) is 4.79 Å². The molecule has 1 rings (SSSR count). The smallest absolute Gasteiger partial charge is 0.226 e. The Bertz CT molecular complexity index is 270. The van der Waals surface area contributed by atoms with E-state index >= 15 is 0 Å². The van der Waals surface area contributed by atoms with Crippen molar-refractivity contribution in [3.8, 4) is 0 Å². The molecule has 18 heavy (non-hydrogen) atoms. The van der Waals surface area contributed by atoms with Crippen LogP contribution in [-0.2, 0) is 4.79 Å². The summed E-state index contributed by atoms with van der Waals surface area (Å²) in [5.74, 6) is 1.89. The number of amides is 1. The van der Waals surface area contributed by atoms with Crippen LogP contribution in [0.1, 0.15) is 59.8 Å². The molecule has 3 heteroatoms. The van der Waals surface area contributed by atoms with E-state index in [1.807, 2.05) is 13.8 Å². The van der Waals surface area contributed by atoms with E-state index in [1.54, 1.807) is 0 Å². The van der Waals surface area contributed by atoms with Crippen LogP contribution in [0.3, 0.4) is 0 Å². The predicted octanol–water partition coefficient (Wildman–Crippen LogP) is 4.13. The summed E-state index contributed by atoms with van der Waals surface area (Å²) in [5, 5.41) is 3.93. The Hall–Kier alpha value is -0.0500. The van der Waals surface area contributed by atoms with Gasteiger partial charge in [0.2, 0.25) is 5.91 Å². The topological polar surface area (TPSA) is 29.1 Å². The molecule has 0 aromatic rings. The van der Waals surface area contributed by atoms with Crippen LogP contribution < -0.4 is 5.32 Å². The van der Waals surface area contributed by atoms with E-state index in [0.29, 0.717) is 11.4 Å². The average molecular weight is 318 g/mol. The van der Waals surface area contributed by atoms with Gasteiger partial charge in [-0.05, 0) is 37.5 Å². The Balaban J connectivity index is 2.38. The van der Waals surface area contributed by atoms with Crippen molar-refractivity contribution in [3.63, 3.8) is 0 Å². The van der Waals surface area contributed by atoms with Crippen LogP contribution >= 0.6 is 15.9 Å². The zero-order valence-corrected chi connectivity index (χ0v) is 13.8. The summed E-state index contributed by atoms with van der Waals surface area (Å²) >= 11 is 3.41. The monoisotopic (exact) mass is 317 g/mol. The number of hydrogen-bond acceptors (Lipinski definition) is 1. The molecule has 0 bridgehead atoms. The summed E-state index contributed by atoms with van der Waals surface area (Å²) < 4.78 is 0. The lowest BCUT2D eigenvalue weighted by molar-refractivity contribution is -0.129. The summed E-state index contributed by atoms with van der Waals surface area (Å²) in [7, 11) is 0. The van der Waals surface area contributed by atoms with Gasteiger partial charge in [-0.3, -0.25) is 4.79 Å². The van der Waals surface area contributed by atoms with Gasteiger partial charge in [0.25, 0.3) is 0 Å². The molecule has 0 spiro atoms. The van der Waals surface area contributed by atoms with Crippen molar-refractivity contribution in [2.75, 3.05) is 5.33 Å². The summed E-state index contributed by atoms with van der Waals surface area (Å²) in [6, 6.07) is 0.399. The number of carbonyl (C=O) groups is 1. The molecular formula is C15H28BrNO. The summed E-state index contributed by atoms with van der Waals surface area (Å²) in [6.45, 7) is 8.61. The maximum Gasteiger partial charge on any atom is 0.226 e. The number of nitrogens with one attached hydrogen (secondary N) is 1. The third-order valence-corrected chi connectivity index (χ3v) is 5.91. The fourth-order valence-electron chi connectivity index (χ4n) is 2.61. The van der Waals surface area contributed by atoms with Gasteiger partial charge in [-0.1, -0.05) is 50.0 Å². The van der Waals surface area contributed by atoms with E-state index in [4.69, 9.17) is 0 Å². The van der Waals surface area contributed by atoms with E-state index in [1.165, 1.54) is 19.3 Å². The van der Waals surface area contributed by atoms with Crippen molar-refractivity contribution in [2.45, 2.75) is 65.8 Å². The zero-order chi connectivity index (χ0) is 13.8. The fraction of sp³-hybridized carbons (Fsp3) is 0.933. The molecule has 1 fully saturated rings. The first kappa shape index (κ1) is 16.0. The third kappa shape index (κ3) is 4.25. The van der Waals surface area contributed by atoms with Gasteiger partial charge >= 0.3 is 0 Å². The molecule has 1 saturated carbocycles. The second-order valence-corrected chi connectivity index (χ2v) is 7.05. The van der Waals surface area contributed by atoms with E-state index in [2.05, 4.69) is 35.1 Å². The van der Waals surface area contributed by atoms with Gasteiger partial charge < -0.3 is 5.32 Å². The molecule has 1 unspecified atom stereocenters. The van der Waals surface area contributed by atoms with E-state index in [0.717, 1.165) is 24.7 Å². The third-order valence-electron chi connectivity index (χ3n) is 4.50. The molecule has 0 radical (unpaired) electrons. The van der Waals surface area contributed by atoms with Crippen LogP contribution in [0.2, 0.25) is 0 Å². The van der Waals surface area contributed by atoms with Gasteiger partial charge in [0.1, 0.15) is 0 Å². The first-order chi connectivity index (χ1) is 8.40. The average Bonchev–Trinajstić information content (AvgIpc) is 2.38. The van der Waals surface area contributed by atoms with Crippen molar-refractivity contribution in [3.05, 3.63) is 0 Å². The second kappa shape index (κ2) is 6.93. The maximum atomic E-state index is 12.1. The van der Waals surface area contributed by atoms with Crippen molar-refractivity contribution in [1.82, 2.24) is 5.32 Å². The quantitative estimate of drug-likeness (QED) is 0.759. The first-order valence-electron chi connectivity index (χ1n) is 7.27. The normalized spacial score (nSPS) is 26.7. The standard InChI is InChI=1S/C15H28BrNO/c1-5-11(2)12-6-8-13(9-7-12)17-14(18)15(3,4)10-16/h11-13H,5-10H2,1-4H3,(H,17,18). The molecule has 0 aliphatic heterocycles. The molecule has 1 amide bonds. The molecular weight excluding hydrogens is 290 g/mol. The number of halogens is 1. The number of hydrogen-bond donors (Lipinski definition) is 1. The molecule has 1 N–H and O–H groups in total. The molecule has 106 valence electrons. The van der Waals surface area contributed by atoms with Crippen LogP contribution in [0.15, 0.2) is 0 Å². The minimum absolute atomic E-state index is 0.186. The minimum Gasteiger partial charge on any atom is -0.353 e. The number of rotatable bonds is 5. The molecule has 2 nitrogen and oxygen atoms in total. The number of carbonyl (C=O) groups excluding carboxylic acids is 1. The Morgan fingerprint density at radius 1 is 1.33 bits per heavy atom. The Morgan fingerprint density at radius 2 is 1.89 bits per heavy atom. The maximum absolute atomic E-state index is 12.1. The van der Waals surface area contributed by atoms with Gasteiger partial charge in [0.15, 0.2) is 0 Å². The summed E-state index contributed by atoms with van der Waals surface area (Å²) in [4.78, 5) is 12.1. The highest BCUT2D eigenvalue weighted by molar-refractivity contribution is 9.09. The SMILES string of the molecule is CCC(C)C1CCC(NC(=O)C(C)(C)CBr)CC1. The summed E-state index contributed by atoms with van der Waals surface area (Å²) in [6.07, 6.45) is 6.12. The highest BCUT2D eigenvalue weighted by Gasteiger charge is 2.30. The van der Waals surface area contributed by atoms with Gasteiger partial charge in [-0.15, -0.1) is 0 Å². The predicted molar refractivity (Wildman–Crippen MR) is 80.9 cm³/mol. The van der Waals surface area contributed by atoms with Crippen molar-refractivity contribution in [2.24, 2.45) is 17.3 Å². The second-order valence-electron chi connectivity index (χ2n) is 6.49. The van der Waals surface area contributed by atoms with Crippen molar-refractivity contribution >= 4 is 21.8 Å². The molecule has 0 aromatic carbocycles. The molecule has 1 aliphatic carbocycles. The molecule has 0 heterocycles. The zero-order valence-electron chi connectivity index (χ0n) is 12.3. The lowest BCUT2D eigenvalue weighted by Crippen LogP contribution is -2.45. The van der Waals surface area contributed by atoms with Crippen LogP contribution in [0.4, 0.5) is 0 Å². The van der Waals surface area contributed by atoms with Crippen molar-refractivity contribution < 1.29 is 4.79 Å². The first-order valence-corrected chi connectivity index (χ1v) is 8.39. The van der Waals surface area contributed by atoms with Crippen LogP contribution in [-0.4, -0.2) is 17.3 Å². The van der Waals surface area contributed by atoms with Gasteiger partial charge in [0.05, 0.1) is 5.41 Å². The van der Waals surface area contributed by atoms with Crippen LogP contribution in [0.25, 0.3) is 0 Å². The Kier molecular flexibility index (Phi) is 6.16. The van der Waals surface area contributed by atoms with Crippen molar-refractivity contribution in [1.29, 1.82) is 0 Å². The Morgan fingerprint density at radius 3 is 2.33 bits per heavy atom. The number of alkyl halides is 1. The highest BCUT2D eigenvalue weighted by atomic mass is 79.9. The van der Waals surface area contributed by atoms with Gasteiger partial charge in [0, 0.05) is 11.4 Å². The molecule has 0 saturated heterocycles. The minimum atomic E-state index is -0.298. The van der Waals surface area contributed by atoms with Crippen LogP contribution in [0.5, 0.6) is 0 Å². The lowest BCUT2D eigenvalue weighted by atomic mass is 9.78.